The molecule has 6 rings (SSSR count). The maximum atomic E-state index is 12.6. The number of aromatic amines is 1. The highest BCUT2D eigenvalue weighted by Gasteiger charge is 2.25. The number of rotatable bonds is 6. The zero-order valence-electron chi connectivity index (χ0n) is 20.0. The molecule has 5 aromatic rings. The monoisotopic (exact) mass is 488 g/mol. The number of nitrogens with one attached hydrogen (secondary N) is 2. The Hall–Kier alpha value is -4.98. The molecule has 0 radical (unpaired) electrons. The van der Waals surface area contributed by atoms with Crippen molar-refractivity contribution >= 4 is 17.6 Å². The molecule has 0 fully saturated rings. The minimum absolute atomic E-state index is 0.261. The molecule has 1 aliphatic heterocycles. The highest BCUT2D eigenvalue weighted by Crippen LogP contribution is 2.29. The Morgan fingerprint density at radius 1 is 0.919 bits per heavy atom. The summed E-state index contributed by atoms with van der Waals surface area (Å²) in [4.78, 5) is 23.5. The van der Waals surface area contributed by atoms with Crippen LogP contribution < -0.4 is 5.32 Å². The highest BCUT2D eigenvalue weighted by atomic mass is 16.6. The number of anilines is 2. The average Bonchev–Trinajstić information content (AvgIpc) is 3.63. The van der Waals surface area contributed by atoms with Crippen molar-refractivity contribution in [1.29, 1.82) is 0 Å². The van der Waals surface area contributed by atoms with Crippen LogP contribution in [0.3, 0.4) is 0 Å². The van der Waals surface area contributed by atoms with Gasteiger partial charge in [0, 0.05) is 42.3 Å². The number of nitrogens with zero attached hydrogens (tertiary/aromatic N) is 4. The normalized spacial score (nSPS) is 12.3. The molecule has 1 amide bonds. The number of amides is 1. The van der Waals surface area contributed by atoms with Crippen molar-refractivity contribution in [2.24, 2.45) is 0 Å². The molecule has 2 aromatic heterocycles. The quantitative estimate of drug-likeness (QED) is 0.308. The van der Waals surface area contributed by atoms with Gasteiger partial charge < -0.3 is 10.1 Å². The number of carbonyl (C=O) groups excluding carboxylic acids is 1. The van der Waals surface area contributed by atoms with Crippen molar-refractivity contribution in [2.45, 2.75) is 19.7 Å². The summed E-state index contributed by atoms with van der Waals surface area (Å²) in [7, 11) is 0. The van der Waals surface area contributed by atoms with E-state index in [2.05, 4.69) is 26.6 Å². The van der Waals surface area contributed by atoms with Gasteiger partial charge in [-0.25, -0.2) is 14.8 Å². The topological polar surface area (TPSA) is 96.0 Å². The van der Waals surface area contributed by atoms with Crippen LogP contribution in [0.1, 0.15) is 16.7 Å². The smallest absolute Gasteiger partial charge is 0.410 e. The van der Waals surface area contributed by atoms with E-state index < -0.39 is 0 Å². The van der Waals surface area contributed by atoms with Crippen LogP contribution >= 0.6 is 0 Å². The fraction of sp³-hybridized carbons (Fsp3) is 0.103. The SMILES string of the molecule is O=C(OCc1ccccc1)N1Cc2ccc(-c3nccc(Nc4ccc(-c5cn[nH]c5)cc4)n3)cc2C1. The van der Waals surface area contributed by atoms with Crippen LogP contribution in [0.4, 0.5) is 16.3 Å². The van der Waals surface area contributed by atoms with E-state index in [1.807, 2.05) is 79.0 Å². The molecule has 0 saturated carbocycles. The third-order valence-corrected chi connectivity index (χ3v) is 6.29. The Balaban J connectivity index is 1.12. The zero-order valence-corrected chi connectivity index (χ0v) is 20.0. The summed E-state index contributed by atoms with van der Waals surface area (Å²) in [5.41, 5.74) is 7.09. The number of benzene rings is 3. The lowest BCUT2D eigenvalue weighted by Crippen LogP contribution is -2.25. The van der Waals surface area contributed by atoms with Crippen LogP contribution in [0.2, 0.25) is 0 Å². The van der Waals surface area contributed by atoms with Gasteiger partial charge in [-0.1, -0.05) is 54.6 Å². The Labute approximate surface area is 214 Å². The van der Waals surface area contributed by atoms with Crippen LogP contribution in [-0.4, -0.2) is 31.2 Å². The fourth-order valence-corrected chi connectivity index (χ4v) is 4.34. The Morgan fingerprint density at radius 2 is 1.73 bits per heavy atom. The molecule has 0 saturated heterocycles. The minimum Gasteiger partial charge on any atom is -0.445 e. The molecule has 0 unspecified atom stereocenters. The van der Waals surface area contributed by atoms with Crippen molar-refractivity contribution < 1.29 is 9.53 Å². The summed E-state index contributed by atoms with van der Waals surface area (Å²) in [6, 6.07) is 25.7. The van der Waals surface area contributed by atoms with Crippen molar-refractivity contribution in [3.8, 4) is 22.5 Å². The Kier molecular flexibility index (Phi) is 6.04. The summed E-state index contributed by atoms with van der Waals surface area (Å²) in [5.74, 6) is 1.32. The summed E-state index contributed by atoms with van der Waals surface area (Å²) >= 11 is 0. The van der Waals surface area contributed by atoms with Crippen LogP contribution in [0, 0.1) is 0 Å². The molecule has 0 spiro atoms. The second kappa shape index (κ2) is 9.94. The van der Waals surface area contributed by atoms with Crippen LogP contribution in [0.5, 0.6) is 0 Å². The summed E-state index contributed by atoms with van der Waals surface area (Å²) in [5, 5.41) is 10.2. The van der Waals surface area contributed by atoms with Gasteiger partial charge in [-0.2, -0.15) is 5.10 Å². The summed E-state index contributed by atoms with van der Waals surface area (Å²) < 4.78 is 5.51. The number of fused-ring (bicyclic) bond motifs is 1. The third-order valence-electron chi connectivity index (χ3n) is 6.29. The highest BCUT2D eigenvalue weighted by molar-refractivity contribution is 5.70. The van der Waals surface area contributed by atoms with E-state index in [0.717, 1.165) is 39.1 Å². The van der Waals surface area contributed by atoms with E-state index >= 15 is 0 Å². The second-order valence-corrected chi connectivity index (χ2v) is 8.83. The van der Waals surface area contributed by atoms with Gasteiger partial charge in [0.25, 0.3) is 0 Å². The van der Waals surface area contributed by atoms with E-state index in [0.29, 0.717) is 24.7 Å². The van der Waals surface area contributed by atoms with Gasteiger partial charge in [-0.05, 0) is 46.5 Å². The molecular formula is C29H24N6O2. The molecule has 2 N–H and O–H groups in total. The second-order valence-electron chi connectivity index (χ2n) is 8.83. The standard InChI is InChI=1S/C29H24N6O2/c36-29(37-19-20-4-2-1-3-5-20)35-17-23-7-6-22(14-24(23)18-35)28-30-13-12-27(34-28)33-26-10-8-21(9-11-26)25-15-31-32-16-25/h1-16H,17-19H2,(H,31,32)(H,30,33,34). The average molecular weight is 489 g/mol. The number of hydrogen-bond donors (Lipinski definition) is 2. The van der Waals surface area contributed by atoms with Crippen LogP contribution in [-0.2, 0) is 24.4 Å². The Morgan fingerprint density at radius 3 is 2.54 bits per heavy atom. The van der Waals surface area contributed by atoms with Gasteiger partial charge in [-0.3, -0.25) is 10.00 Å². The number of carbonyl (C=O) groups is 1. The molecule has 37 heavy (non-hydrogen) atoms. The van der Waals surface area contributed by atoms with Gasteiger partial charge in [-0.15, -0.1) is 0 Å². The molecule has 182 valence electrons. The molecular weight excluding hydrogens is 464 g/mol. The molecule has 8 heteroatoms. The van der Waals surface area contributed by atoms with E-state index in [-0.39, 0.29) is 12.7 Å². The molecule has 0 bridgehead atoms. The largest absolute Gasteiger partial charge is 0.445 e. The maximum absolute atomic E-state index is 12.6. The van der Waals surface area contributed by atoms with Gasteiger partial charge >= 0.3 is 6.09 Å². The fourth-order valence-electron chi connectivity index (χ4n) is 4.34. The van der Waals surface area contributed by atoms with Crippen LogP contribution in [0.15, 0.2) is 97.5 Å². The van der Waals surface area contributed by atoms with Crippen LogP contribution in [0.25, 0.3) is 22.5 Å². The summed E-state index contributed by atoms with van der Waals surface area (Å²) in [6.45, 7) is 1.29. The lowest BCUT2D eigenvalue weighted by molar-refractivity contribution is 0.0955. The van der Waals surface area contributed by atoms with Crippen molar-refractivity contribution in [1.82, 2.24) is 25.1 Å². The lowest BCUT2D eigenvalue weighted by Gasteiger charge is -2.15. The maximum Gasteiger partial charge on any atom is 0.410 e. The first-order valence-corrected chi connectivity index (χ1v) is 12.0. The van der Waals surface area contributed by atoms with E-state index in [1.54, 1.807) is 17.3 Å². The first-order valence-electron chi connectivity index (χ1n) is 12.0. The van der Waals surface area contributed by atoms with Gasteiger partial charge in [0.05, 0.1) is 6.20 Å². The number of aromatic nitrogens is 4. The van der Waals surface area contributed by atoms with E-state index in [9.17, 15) is 4.79 Å². The minimum atomic E-state index is -0.317. The molecule has 0 aliphatic carbocycles. The molecule has 3 aromatic carbocycles. The number of hydrogen-bond acceptors (Lipinski definition) is 6. The van der Waals surface area contributed by atoms with Gasteiger partial charge in [0.2, 0.25) is 0 Å². The third kappa shape index (κ3) is 5.04. The van der Waals surface area contributed by atoms with E-state index in [1.165, 1.54) is 0 Å². The van der Waals surface area contributed by atoms with Gasteiger partial charge in [0.15, 0.2) is 5.82 Å². The van der Waals surface area contributed by atoms with Crippen molar-refractivity contribution in [2.75, 3.05) is 5.32 Å². The molecule has 0 atom stereocenters. The van der Waals surface area contributed by atoms with Crippen molar-refractivity contribution in [3.05, 3.63) is 114 Å². The van der Waals surface area contributed by atoms with Gasteiger partial charge in [0.1, 0.15) is 12.4 Å². The zero-order chi connectivity index (χ0) is 25.0. The first kappa shape index (κ1) is 22.5. The predicted octanol–water partition coefficient (Wildman–Crippen LogP) is 5.93. The van der Waals surface area contributed by atoms with Crippen molar-refractivity contribution in [3.63, 3.8) is 0 Å². The first-order chi connectivity index (χ1) is 18.2. The molecule has 3 heterocycles. The predicted molar refractivity (Wildman–Crippen MR) is 141 cm³/mol. The molecule has 8 nitrogen and oxygen atoms in total. The molecule has 1 aliphatic rings. The Bertz CT molecular complexity index is 1520. The van der Waals surface area contributed by atoms with E-state index in [4.69, 9.17) is 9.72 Å². The lowest BCUT2D eigenvalue weighted by atomic mass is 10.1. The number of ether oxygens (including phenoxy) is 1. The summed E-state index contributed by atoms with van der Waals surface area (Å²) in [6.07, 6.45) is 5.08. The number of H-pyrrole nitrogens is 1.